The molecule has 5 heteroatoms. The van der Waals surface area contributed by atoms with Crippen LogP contribution >= 0.6 is 0 Å². The molecule has 2 amide bonds. The van der Waals surface area contributed by atoms with E-state index < -0.39 is 5.54 Å². The summed E-state index contributed by atoms with van der Waals surface area (Å²) >= 11 is 0. The number of anilines is 1. The van der Waals surface area contributed by atoms with Crippen LogP contribution in [0.25, 0.3) is 10.9 Å². The average molecular weight is 416 g/mol. The number of hydrogen-bond donors (Lipinski definition) is 1. The second-order valence-corrected chi connectivity index (χ2v) is 9.07. The fourth-order valence-corrected chi connectivity index (χ4v) is 5.18. The molecule has 1 aliphatic carbocycles. The molecular weight excluding hydrogens is 386 g/mol. The van der Waals surface area contributed by atoms with Gasteiger partial charge in [0.05, 0.1) is 6.54 Å². The van der Waals surface area contributed by atoms with Crippen molar-refractivity contribution in [2.24, 2.45) is 0 Å². The predicted molar refractivity (Wildman–Crippen MR) is 123 cm³/mol. The van der Waals surface area contributed by atoms with Crippen LogP contribution in [0.2, 0.25) is 0 Å². The fourth-order valence-electron chi connectivity index (χ4n) is 5.18. The van der Waals surface area contributed by atoms with Gasteiger partial charge in [-0.1, -0.05) is 50.1 Å². The topological polar surface area (TPSA) is 54.3 Å². The number of hydrogen-bond acceptors (Lipinski definition) is 2. The second-order valence-electron chi connectivity index (χ2n) is 9.07. The highest BCUT2D eigenvalue weighted by atomic mass is 16.2. The first-order valence-electron chi connectivity index (χ1n) is 11.3. The first-order valence-corrected chi connectivity index (χ1v) is 11.3. The third kappa shape index (κ3) is 3.23. The SMILES string of the molecule is CCc1cccc(N2C(=O)c3cc4ccccc4n3CC2(C)C(=O)NC2CCCC2)c1. The monoisotopic (exact) mass is 415 g/mol. The Kier molecular flexibility index (Phi) is 4.84. The van der Waals surface area contributed by atoms with Crippen molar-refractivity contribution in [1.82, 2.24) is 9.88 Å². The minimum Gasteiger partial charge on any atom is -0.351 e. The predicted octanol–water partition coefficient (Wildman–Crippen LogP) is 4.68. The van der Waals surface area contributed by atoms with E-state index in [4.69, 9.17) is 0 Å². The lowest BCUT2D eigenvalue weighted by Crippen LogP contribution is -2.65. The van der Waals surface area contributed by atoms with Crippen molar-refractivity contribution in [3.8, 4) is 0 Å². The van der Waals surface area contributed by atoms with Crippen LogP contribution in [0.4, 0.5) is 5.69 Å². The minimum absolute atomic E-state index is 0.0712. The largest absolute Gasteiger partial charge is 0.351 e. The Morgan fingerprint density at radius 1 is 1.10 bits per heavy atom. The molecule has 0 bridgehead atoms. The maximum atomic E-state index is 13.9. The van der Waals surface area contributed by atoms with Crippen molar-refractivity contribution in [2.75, 3.05) is 4.90 Å². The molecule has 1 N–H and O–H groups in total. The molecule has 5 nitrogen and oxygen atoms in total. The Bertz CT molecular complexity index is 1160. The summed E-state index contributed by atoms with van der Waals surface area (Å²) in [5.74, 6) is -0.196. The summed E-state index contributed by atoms with van der Waals surface area (Å²) in [7, 11) is 0. The van der Waals surface area contributed by atoms with E-state index in [1.165, 1.54) is 0 Å². The Morgan fingerprint density at radius 3 is 2.65 bits per heavy atom. The summed E-state index contributed by atoms with van der Waals surface area (Å²) in [5, 5.41) is 4.28. The molecule has 1 aliphatic heterocycles. The zero-order valence-electron chi connectivity index (χ0n) is 18.2. The van der Waals surface area contributed by atoms with Crippen LogP contribution in [0, 0.1) is 0 Å². The summed E-state index contributed by atoms with van der Waals surface area (Å²) in [4.78, 5) is 29.3. The van der Waals surface area contributed by atoms with Crippen LogP contribution in [-0.2, 0) is 17.8 Å². The van der Waals surface area contributed by atoms with Crippen molar-refractivity contribution >= 4 is 28.4 Å². The zero-order valence-corrected chi connectivity index (χ0v) is 18.2. The van der Waals surface area contributed by atoms with Gasteiger partial charge >= 0.3 is 0 Å². The van der Waals surface area contributed by atoms with Crippen molar-refractivity contribution < 1.29 is 9.59 Å². The normalized spacial score (nSPS) is 21.5. The lowest BCUT2D eigenvalue weighted by molar-refractivity contribution is -0.127. The van der Waals surface area contributed by atoms with Crippen LogP contribution in [-0.4, -0.2) is 28.0 Å². The van der Waals surface area contributed by atoms with E-state index in [1.807, 2.05) is 60.0 Å². The highest BCUT2D eigenvalue weighted by Gasteiger charge is 2.49. The maximum Gasteiger partial charge on any atom is 0.275 e. The number of carbonyl (C=O) groups excluding carboxylic acids is 2. The number of fused-ring (bicyclic) bond motifs is 3. The van der Waals surface area contributed by atoms with Gasteiger partial charge < -0.3 is 9.88 Å². The van der Waals surface area contributed by atoms with Crippen LogP contribution in [0.3, 0.4) is 0 Å². The number of carbonyl (C=O) groups is 2. The molecule has 3 aromatic rings. The first-order chi connectivity index (χ1) is 15.0. The zero-order chi connectivity index (χ0) is 21.6. The molecule has 1 fully saturated rings. The van der Waals surface area contributed by atoms with Crippen LogP contribution in [0.5, 0.6) is 0 Å². The number of amides is 2. The number of aromatic nitrogens is 1. The summed E-state index contributed by atoms with van der Waals surface area (Å²) in [6, 6.07) is 18.2. The summed E-state index contributed by atoms with van der Waals surface area (Å²) in [6.45, 7) is 4.43. The second kappa shape index (κ2) is 7.56. The molecule has 0 saturated heterocycles. The van der Waals surface area contributed by atoms with Crippen molar-refractivity contribution in [3.63, 3.8) is 0 Å². The standard InChI is InChI=1S/C26H29N3O2/c1-3-18-9-8-13-21(15-18)29-24(30)23-16-19-10-4-7-14-22(19)28(23)17-26(29,2)25(31)27-20-11-5-6-12-20/h4,7-10,13-16,20H,3,5-6,11-12,17H2,1-2H3,(H,27,31). The summed E-state index contributed by atoms with van der Waals surface area (Å²) in [5.41, 5.74) is 2.54. The van der Waals surface area contributed by atoms with Gasteiger partial charge in [-0.3, -0.25) is 14.5 Å². The van der Waals surface area contributed by atoms with Gasteiger partial charge in [0.25, 0.3) is 5.91 Å². The highest BCUT2D eigenvalue weighted by Crippen LogP contribution is 2.36. The number of nitrogens with zero attached hydrogens (tertiary/aromatic N) is 2. The number of benzene rings is 2. The van der Waals surface area contributed by atoms with E-state index in [-0.39, 0.29) is 17.9 Å². The molecule has 31 heavy (non-hydrogen) atoms. The number of rotatable bonds is 4. The highest BCUT2D eigenvalue weighted by molar-refractivity contribution is 6.14. The van der Waals surface area contributed by atoms with Crippen molar-refractivity contribution in [1.29, 1.82) is 0 Å². The smallest absolute Gasteiger partial charge is 0.275 e. The molecule has 1 atom stereocenters. The van der Waals surface area contributed by atoms with E-state index in [9.17, 15) is 9.59 Å². The first kappa shape index (κ1) is 19.9. The Hall–Kier alpha value is -3.08. The average Bonchev–Trinajstić information content (AvgIpc) is 3.42. The van der Waals surface area contributed by atoms with Crippen LogP contribution in [0.1, 0.15) is 55.6 Å². The maximum absolute atomic E-state index is 13.9. The molecule has 2 aromatic carbocycles. The molecule has 2 heterocycles. The minimum atomic E-state index is -1.01. The summed E-state index contributed by atoms with van der Waals surface area (Å²) < 4.78 is 2.02. The molecule has 0 spiro atoms. The lowest BCUT2D eigenvalue weighted by Gasteiger charge is -2.44. The molecule has 2 aliphatic rings. The third-order valence-electron chi connectivity index (χ3n) is 6.95. The Labute approximate surface area is 183 Å². The van der Waals surface area contributed by atoms with Crippen molar-refractivity contribution in [3.05, 3.63) is 65.9 Å². The van der Waals surface area contributed by atoms with Gasteiger partial charge in [-0.25, -0.2) is 0 Å². The van der Waals surface area contributed by atoms with Gasteiger partial charge in [-0.2, -0.15) is 0 Å². The third-order valence-corrected chi connectivity index (χ3v) is 6.95. The molecular formula is C26H29N3O2. The fraction of sp³-hybridized carbons (Fsp3) is 0.385. The molecule has 160 valence electrons. The Morgan fingerprint density at radius 2 is 1.87 bits per heavy atom. The van der Waals surface area contributed by atoms with E-state index in [2.05, 4.69) is 18.3 Å². The van der Waals surface area contributed by atoms with E-state index in [1.54, 1.807) is 4.90 Å². The number of aryl methyl sites for hydroxylation is 1. The quantitative estimate of drug-likeness (QED) is 0.673. The lowest BCUT2D eigenvalue weighted by atomic mass is 9.93. The van der Waals surface area contributed by atoms with Gasteiger partial charge in [0.15, 0.2) is 0 Å². The van der Waals surface area contributed by atoms with E-state index in [0.717, 1.165) is 54.3 Å². The Balaban J connectivity index is 1.64. The van der Waals surface area contributed by atoms with Gasteiger partial charge in [0, 0.05) is 22.6 Å². The van der Waals surface area contributed by atoms with E-state index in [0.29, 0.717) is 12.2 Å². The molecule has 5 rings (SSSR count). The molecule has 1 saturated carbocycles. The molecule has 1 aromatic heterocycles. The van der Waals surface area contributed by atoms with Gasteiger partial charge in [-0.05, 0) is 56.0 Å². The van der Waals surface area contributed by atoms with Gasteiger partial charge in [-0.15, -0.1) is 0 Å². The van der Waals surface area contributed by atoms with Gasteiger partial charge in [0.1, 0.15) is 11.2 Å². The molecule has 1 unspecified atom stereocenters. The summed E-state index contributed by atoms with van der Waals surface area (Å²) in [6.07, 6.45) is 5.20. The number of nitrogens with one attached hydrogen (secondary N) is 1. The molecule has 0 radical (unpaired) electrons. The van der Waals surface area contributed by atoms with Crippen LogP contribution < -0.4 is 10.2 Å². The van der Waals surface area contributed by atoms with Crippen molar-refractivity contribution in [2.45, 2.75) is 64.1 Å². The van der Waals surface area contributed by atoms with Gasteiger partial charge in [0.2, 0.25) is 5.91 Å². The van der Waals surface area contributed by atoms with Crippen LogP contribution in [0.15, 0.2) is 54.6 Å². The van der Waals surface area contributed by atoms with E-state index >= 15 is 0 Å². The number of para-hydroxylation sites is 1.